The van der Waals surface area contributed by atoms with Crippen molar-refractivity contribution in [3.05, 3.63) is 42.6 Å². The van der Waals surface area contributed by atoms with Crippen molar-refractivity contribution in [3.8, 4) is 0 Å². The van der Waals surface area contributed by atoms with Gasteiger partial charge in [0, 0.05) is 11.6 Å². The Kier molecular flexibility index (Phi) is 20.7. The number of aromatic nitrogens is 1. The van der Waals surface area contributed by atoms with Crippen molar-refractivity contribution < 1.29 is 71.3 Å². The normalized spacial score (nSPS) is 6.67. The van der Waals surface area contributed by atoms with Crippen LogP contribution in [0.15, 0.2) is 42.6 Å². The molecule has 0 saturated carbocycles. The summed E-state index contributed by atoms with van der Waals surface area (Å²) in [6.45, 7) is 0. The van der Waals surface area contributed by atoms with Gasteiger partial charge < -0.3 is 49.6 Å². The van der Waals surface area contributed by atoms with Crippen LogP contribution in [0, 0.1) is 0 Å². The molecule has 0 unspecified atom stereocenters. The molecule has 0 aliphatic heterocycles. The van der Waals surface area contributed by atoms with E-state index in [1.54, 1.807) is 0 Å². The summed E-state index contributed by atoms with van der Waals surface area (Å²) in [5.41, 5.74) is 1.06. The largest absolute Gasteiger partial charge is 4.00 e. The van der Waals surface area contributed by atoms with Crippen LogP contribution in [-0.2, 0) is 21.7 Å². The summed E-state index contributed by atoms with van der Waals surface area (Å²) in [7, 11) is 0. The molecule has 1 aromatic heterocycles. The molecule has 1 nitrogen and oxygen atoms in total. The fourth-order valence-corrected chi connectivity index (χ4v) is 1.02. The van der Waals surface area contributed by atoms with Crippen LogP contribution in [0.3, 0.4) is 0 Å². The molecule has 80 valence electrons. The molecule has 0 spiro atoms. The molecule has 0 amide bonds. The first kappa shape index (κ1) is 24.6. The Bertz CT molecular complexity index is 293. The van der Waals surface area contributed by atoms with Crippen molar-refractivity contribution in [2.24, 2.45) is 0 Å². The molecule has 2 rings (SSSR count). The molecule has 0 aliphatic carbocycles. The van der Waals surface area contributed by atoms with Gasteiger partial charge >= 0.3 is 21.7 Å². The summed E-state index contributed by atoms with van der Waals surface area (Å²) in [4.78, 5) is 4.18. The molecule has 15 heavy (non-hydrogen) atoms. The number of rotatable bonds is 0. The predicted octanol–water partition coefficient (Wildman–Crippen LogP) is -9.75. The minimum atomic E-state index is 0. The van der Waals surface area contributed by atoms with Gasteiger partial charge in [0.15, 0.2) is 0 Å². The molecule has 1 heterocycles. The van der Waals surface area contributed by atoms with Crippen molar-refractivity contribution in [2.45, 2.75) is 0 Å². The van der Waals surface area contributed by atoms with Crippen LogP contribution in [0.1, 0.15) is 0 Å². The molecule has 0 N–H and O–H groups in total. The van der Waals surface area contributed by atoms with Gasteiger partial charge in [0.25, 0.3) is 0 Å². The van der Waals surface area contributed by atoms with Crippen molar-refractivity contribution in [1.82, 2.24) is 4.98 Å². The van der Waals surface area contributed by atoms with Gasteiger partial charge in [0.1, 0.15) is 0 Å². The van der Waals surface area contributed by atoms with Crippen molar-refractivity contribution >= 4 is 10.9 Å². The Balaban J connectivity index is -0.000000121. The van der Waals surface area contributed by atoms with E-state index < -0.39 is 0 Å². The first-order chi connectivity index (χ1) is 4.97. The Morgan fingerprint density at radius 1 is 0.733 bits per heavy atom. The summed E-state index contributed by atoms with van der Waals surface area (Å²) >= 11 is 0. The molecule has 0 fully saturated rings. The fourth-order valence-electron chi connectivity index (χ4n) is 1.02. The van der Waals surface area contributed by atoms with Crippen molar-refractivity contribution in [2.75, 3.05) is 0 Å². The number of hydrogen-bond donors (Lipinski definition) is 0. The molecule has 2 aromatic rings. The van der Waals surface area contributed by atoms with Gasteiger partial charge in [-0.15, -0.1) is 0 Å². The maximum absolute atomic E-state index is 4.18. The van der Waals surface area contributed by atoms with Crippen LogP contribution in [0.2, 0.25) is 0 Å². The third-order valence-electron chi connectivity index (χ3n) is 1.51. The van der Waals surface area contributed by atoms with Gasteiger partial charge in [0.2, 0.25) is 0 Å². The predicted molar refractivity (Wildman–Crippen MR) is 41.7 cm³/mol. The van der Waals surface area contributed by atoms with E-state index in [9.17, 15) is 0 Å². The first-order valence-electron chi connectivity index (χ1n) is 3.26. The van der Waals surface area contributed by atoms with Crippen LogP contribution in [0.5, 0.6) is 0 Å². The second kappa shape index (κ2) is 12.6. The van der Waals surface area contributed by atoms with Gasteiger partial charge in [0.05, 0.1) is 5.52 Å². The molecule has 0 atom stereocenters. The van der Waals surface area contributed by atoms with Gasteiger partial charge in [-0.25, -0.2) is 0 Å². The molecule has 0 saturated heterocycles. The molecule has 0 aliphatic rings. The number of fused-ring (bicyclic) bond motifs is 1. The van der Waals surface area contributed by atoms with Crippen LogP contribution >= 0.6 is 0 Å². The van der Waals surface area contributed by atoms with Crippen LogP contribution < -0.4 is 49.6 Å². The van der Waals surface area contributed by atoms with E-state index in [2.05, 4.69) is 17.1 Å². The smallest absolute Gasteiger partial charge is 1.00 e. The van der Waals surface area contributed by atoms with Crippen LogP contribution in [-0.4, -0.2) is 4.98 Å². The zero-order valence-electron chi connectivity index (χ0n) is 7.50. The van der Waals surface area contributed by atoms with Gasteiger partial charge in [-0.3, -0.25) is 4.98 Å². The first-order valence-corrected chi connectivity index (χ1v) is 3.26. The summed E-state index contributed by atoms with van der Waals surface area (Å²) < 4.78 is 0. The number of hydrogen-bond acceptors (Lipinski definition) is 1. The second-order valence-electron chi connectivity index (χ2n) is 2.20. The van der Waals surface area contributed by atoms with Crippen LogP contribution in [0.4, 0.5) is 0 Å². The maximum atomic E-state index is 4.18. The summed E-state index contributed by atoms with van der Waals surface area (Å²) in [5.74, 6) is 0. The number of pyridine rings is 1. The number of nitrogens with zero attached hydrogens (tertiary/aromatic N) is 1. The number of para-hydroxylation sites is 1. The zero-order valence-corrected chi connectivity index (χ0v) is 12.1. The Labute approximate surface area is 129 Å². The molecule has 1 aromatic carbocycles. The quantitative estimate of drug-likeness (QED) is 0.440. The standard InChI is InChI=1S/C9H7N.4ClH.Ti/c1-2-6-9-8(4-1)5-3-7-10-9;;;;;/h1-7H;4*1H;/q;;;;;+4/p-4. The summed E-state index contributed by atoms with van der Waals surface area (Å²) in [6, 6.07) is 12.1. The number of halogens is 4. The average molecular weight is 319 g/mol. The summed E-state index contributed by atoms with van der Waals surface area (Å²) in [6.07, 6.45) is 1.81. The van der Waals surface area contributed by atoms with Crippen molar-refractivity contribution in [3.63, 3.8) is 0 Å². The van der Waals surface area contributed by atoms with E-state index in [4.69, 9.17) is 0 Å². The zero-order chi connectivity index (χ0) is 6.81. The molecule has 0 radical (unpaired) electrons. The molecular formula is C9H7Cl4NTi. The third-order valence-corrected chi connectivity index (χ3v) is 1.51. The van der Waals surface area contributed by atoms with E-state index in [0.717, 1.165) is 5.52 Å². The topological polar surface area (TPSA) is 12.9 Å². The van der Waals surface area contributed by atoms with E-state index in [-0.39, 0.29) is 71.3 Å². The minimum Gasteiger partial charge on any atom is -1.00 e. The monoisotopic (exact) mass is 317 g/mol. The van der Waals surface area contributed by atoms with E-state index in [0.29, 0.717) is 0 Å². The second-order valence-corrected chi connectivity index (χ2v) is 2.20. The van der Waals surface area contributed by atoms with Crippen LogP contribution in [0.25, 0.3) is 10.9 Å². The average Bonchev–Trinajstić information content (AvgIpc) is 2.05. The molecule has 6 heteroatoms. The number of benzene rings is 1. The van der Waals surface area contributed by atoms with Gasteiger partial charge in [-0.1, -0.05) is 24.3 Å². The van der Waals surface area contributed by atoms with Gasteiger partial charge in [-0.05, 0) is 12.1 Å². The minimum absolute atomic E-state index is 0. The van der Waals surface area contributed by atoms with Gasteiger partial charge in [-0.2, -0.15) is 0 Å². The Hall–Kier alpha value is 0.504. The SMILES string of the molecule is [Cl-].[Cl-].[Cl-].[Cl-].[Ti+4].c1ccc2ncccc2c1. The van der Waals surface area contributed by atoms with E-state index >= 15 is 0 Å². The van der Waals surface area contributed by atoms with Crippen molar-refractivity contribution in [1.29, 1.82) is 0 Å². The maximum Gasteiger partial charge on any atom is 4.00 e. The molecular weight excluding hydrogens is 312 g/mol. The third kappa shape index (κ3) is 6.62. The Morgan fingerprint density at radius 3 is 1.87 bits per heavy atom. The fraction of sp³-hybridized carbons (Fsp3) is 0. The van der Waals surface area contributed by atoms with E-state index in [1.807, 2.05) is 30.5 Å². The molecule has 0 bridgehead atoms. The summed E-state index contributed by atoms with van der Waals surface area (Å²) in [5, 5.41) is 1.20. The van der Waals surface area contributed by atoms with E-state index in [1.165, 1.54) is 5.39 Å². The Morgan fingerprint density at radius 2 is 1.27 bits per heavy atom.